The van der Waals surface area contributed by atoms with Crippen molar-refractivity contribution in [1.29, 1.82) is 0 Å². The highest BCUT2D eigenvalue weighted by Gasteiger charge is 2.14. The van der Waals surface area contributed by atoms with Crippen LogP contribution in [-0.2, 0) is 0 Å². The van der Waals surface area contributed by atoms with Gasteiger partial charge in [-0.15, -0.1) is 11.3 Å². The molecule has 0 aliphatic rings. The van der Waals surface area contributed by atoms with Crippen molar-refractivity contribution in [1.82, 2.24) is 9.97 Å². The van der Waals surface area contributed by atoms with Crippen LogP contribution in [0.25, 0.3) is 0 Å². The van der Waals surface area contributed by atoms with E-state index >= 15 is 0 Å². The van der Waals surface area contributed by atoms with Crippen LogP contribution in [0.2, 0.25) is 4.34 Å². The maximum Gasteiger partial charge on any atom is 0.203 e. The van der Waals surface area contributed by atoms with Crippen LogP contribution >= 0.6 is 22.9 Å². The molecule has 2 rings (SSSR count). The monoisotopic (exact) mass is 284 g/mol. The number of aromatic nitrogens is 2. The van der Waals surface area contributed by atoms with E-state index in [1.165, 1.54) is 24.8 Å². The van der Waals surface area contributed by atoms with Gasteiger partial charge in [-0.25, -0.2) is 9.97 Å². The van der Waals surface area contributed by atoms with Crippen molar-refractivity contribution in [2.45, 2.75) is 13.0 Å². The lowest BCUT2D eigenvalue weighted by Crippen LogP contribution is -2.09. The number of nitrogen functional groups attached to an aromatic ring is 1. The zero-order valence-electron chi connectivity index (χ0n) is 9.98. The van der Waals surface area contributed by atoms with E-state index in [2.05, 4.69) is 15.3 Å². The van der Waals surface area contributed by atoms with E-state index in [1.807, 2.05) is 19.1 Å². The van der Waals surface area contributed by atoms with Crippen molar-refractivity contribution in [3.8, 4) is 5.75 Å². The fourth-order valence-electron chi connectivity index (χ4n) is 1.53. The third-order valence-corrected chi connectivity index (χ3v) is 3.82. The van der Waals surface area contributed by atoms with Gasteiger partial charge in [-0.1, -0.05) is 11.6 Å². The number of anilines is 2. The zero-order valence-corrected chi connectivity index (χ0v) is 11.5. The van der Waals surface area contributed by atoms with Crippen LogP contribution in [-0.4, -0.2) is 17.1 Å². The SMILES string of the molecule is COc1c(N)ncnc1NC(C)c1ccc(Cl)s1. The minimum Gasteiger partial charge on any atom is -0.490 e. The lowest BCUT2D eigenvalue weighted by Gasteiger charge is -2.15. The normalized spacial score (nSPS) is 12.2. The Kier molecular flexibility index (Phi) is 3.88. The molecule has 0 amide bonds. The van der Waals surface area contributed by atoms with Crippen molar-refractivity contribution in [2.24, 2.45) is 0 Å². The summed E-state index contributed by atoms with van der Waals surface area (Å²) in [6, 6.07) is 3.90. The number of halogens is 1. The first-order valence-corrected chi connectivity index (χ1v) is 6.47. The summed E-state index contributed by atoms with van der Waals surface area (Å²) in [6.07, 6.45) is 1.40. The molecular weight excluding hydrogens is 272 g/mol. The fraction of sp³-hybridized carbons (Fsp3) is 0.273. The minimum atomic E-state index is 0.0608. The van der Waals surface area contributed by atoms with Gasteiger partial charge < -0.3 is 15.8 Å². The van der Waals surface area contributed by atoms with Gasteiger partial charge in [0.05, 0.1) is 17.5 Å². The van der Waals surface area contributed by atoms with Crippen LogP contribution in [0, 0.1) is 0 Å². The Morgan fingerprint density at radius 2 is 2.22 bits per heavy atom. The van der Waals surface area contributed by atoms with Crippen LogP contribution in [0.1, 0.15) is 17.8 Å². The van der Waals surface area contributed by atoms with Crippen LogP contribution in [0.15, 0.2) is 18.5 Å². The summed E-state index contributed by atoms with van der Waals surface area (Å²) in [6.45, 7) is 2.01. The van der Waals surface area contributed by atoms with E-state index in [0.29, 0.717) is 17.4 Å². The lowest BCUT2D eigenvalue weighted by atomic mass is 10.2. The fourth-order valence-corrected chi connectivity index (χ4v) is 2.59. The van der Waals surface area contributed by atoms with Crippen LogP contribution in [0.4, 0.5) is 11.6 Å². The summed E-state index contributed by atoms with van der Waals surface area (Å²) in [7, 11) is 1.53. The number of rotatable bonds is 4. The van der Waals surface area contributed by atoms with Crippen molar-refractivity contribution in [3.63, 3.8) is 0 Å². The second-order valence-electron chi connectivity index (χ2n) is 3.65. The second-order valence-corrected chi connectivity index (χ2v) is 5.40. The third-order valence-electron chi connectivity index (χ3n) is 2.41. The summed E-state index contributed by atoms with van der Waals surface area (Å²) in [5.41, 5.74) is 5.72. The standard InChI is InChI=1S/C11H13ClN4OS/c1-6(7-3-4-8(12)18-7)16-11-9(17-2)10(13)14-5-15-11/h3-6H,1-2H3,(H3,13,14,15,16). The average Bonchev–Trinajstić information content (AvgIpc) is 2.76. The van der Waals surface area contributed by atoms with E-state index in [9.17, 15) is 0 Å². The van der Waals surface area contributed by atoms with Gasteiger partial charge in [0, 0.05) is 4.88 Å². The summed E-state index contributed by atoms with van der Waals surface area (Å²) < 4.78 is 5.94. The first kappa shape index (κ1) is 12.9. The summed E-state index contributed by atoms with van der Waals surface area (Å²) in [5.74, 6) is 1.33. The lowest BCUT2D eigenvalue weighted by molar-refractivity contribution is 0.415. The Bertz CT molecular complexity index is 546. The molecule has 0 fully saturated rings. The zero-order chi connectivity index (χ0) is 13.1. The number of nitrogens with one attached hydrogen (secondary N) is 1. The maximum absolute atomic E-state index is 5.91. The number of methoxy groups -OCH3 is 1. The van der Waals surface area contributed by atoms with Crippen LogP contribution in [0.3, 0.4) is 0 Å². The Morgan fingerprint density at radius 1 is 1.44 bits per heavy atom. The first-order valence-electron chi connectivity index (χ1n) is 5.28. The van der Waals surface area contributed by atoms with E-state index in [1.54, 1.807) is 0 Å². The molecule has 2 aromatic heterocycles. The van der Waals surface area contributed by atoms with Crippen LogP contribution in [0.5, 0.6) is 5.75 Å². The largest absolute Gasteiger partial charge is 0.490 e. The van der Waals surface area contributed by atoms with Crippen LogP contribution < -0.4 is 15.8 Å². The average molecular weight is 285 g/mol. The number of hydrogen-bond acceptors (Lipinski definition) is 6. The molecule has 0 aromatic carbocycles. The van der Waals surface area contributed by atoms with Crippen molar-refractivity contribution in [3.05, 3.63) is 27.7 Å². The Balaban J connectivity index is 2.21. The molecule has 1 atom stereocenters. The molecule has 2 heterocycles. The number of nitrogens with two attached hydrogens (primary N) is 1. The molecule has 7 heteroatoms. The molecule has 0 saturated heterocycles. The van der Waals surface area contributed by atoms with E-state index in [4.69, 9.17) is 22.1 Å². The van der Waals surface area contributed by atoms with Gasteiger partial charge in [-0.3, -0.25) is 0 Å². The molecule has 0 aliphatic heterocycles. The maximum atomic E-state index is 5.91. The molecule has 1 unspecified atom stereocenters. The van der Waals surface area contributed by atoms with Gasteiger partial charge >= 0.3 is 0 Å². The number of hydrogen-bond donors (Lipinski definition) is 2. The Labute approximate surface area is 114 Å². The molecular formula is C11H13ClN4OS. The smallest absolute Gasteiger partial charge is 0.203 e. The minimum absolute atomic E-state index is 0.0608. The van der Waals surface area contributed by atoms with Gasteiger partial charge in [0.25, 0.3) is 0 Å². The highest BCUT2D eigenvalue weighted by Crippen LogP contribution is 2.32. The molecule has 96 valence electrons. The number of ether oxygens (including phenoxy) is 1. The topological polar surface area (TPSA) is 73.1 Å². The highest BCUT2D eigenvalue weighted by atomic mass is 35.5. The van der Waals surface area contributed by atoms with Crippen molar-refractivity contribution >= 4 is 34.6 Å². The molecule has 0 radical (unpaired) electrons. The summed E-state index contributed by atoms with van der Waals surface area (Å²) in [4.78, 5) is 9.12. The van der Waals surface area contributed by atoms with E-state index < -0.39 is 0 Å². The third kappa shape index (κ3) is 2.65. The molecule has 0 saturated carbocycles. The highest BCUT2D eigenvalue weighted by molar-refractivity contribution is 7.16. The number of nitrogens with zero attached hydrogens (tertiary/aromatic N) is 2. The molecule has 0 bridgehead atoms. The molecule has 18 heavy (non-hydrogen) atoms. The quantitative estimate of drug-likeness (QED) is 0.903. The molecule has 2 aromatic rings. The molecule has 0 spiro atoms. The first-order chi connectivity index (χ1) is 8.61. The van der Waals surface area contributed by atoms with Crippen molar-refractivity contribution < 1.29 is 4.74 Å². The van der Waals surface area contributed by atoms with Gasteiger partial charge in [-0.2, -0.15) is 0 Å². The summed E-state index contributed by atoms with van der Waals surface area (Å²) >= 11 is 7.43. The Morgan fingerprint density at radius 3 is 2.83 bits per heavy atom. The number of thiophene rings is 1. The predicted molar refractivity (Wildman–Crippen MR) is 74.4 cm³/mol. The molecule has 0 aliphatic carbocycles. The van der Waals surface area contributed by atoms with Gasteiger partial charge in [0.1, 0.15) is 6.33 Å². The van der Waals surface area contributed by atoms with E-state index in [-0.39, 0.29) is 6.04 Å². The van der Waals surface area contributed by atoms with Gasteiger partial charge in [-0.05, 0) is 19.1 Å². The van der Waals surface area contributed by atoms with Gasteiger partial charge in [0.2, 0.25) is 5.75 Å². The predicted octanol–water partition coefficient (Wildman–Crippen LogP) is 2.96. The van der Waals surface area contributed by atoms with Gasteiger partial charge in [0.15, 0.2) is 11.6 Å². The van der Waals surface area contributed by atoms with E-state index in [0.717, 1.165) is 9.21 Å². The molecule has 5 nitrogen and oxygen atoms in total. The summed E-state index contributed by atoms with van der Waals surface area (Å²) in [5, 5.41) is 3.23. The second kappa shape index (κ2) is 5.41. The van der Waals surface area contributed by atoms with Crippen molar-refractivity contribution in [2.75, 3.05) is 18.2 Å². The Hall–Kier alpha value is -1.53. The molecule has 3 N–H and O–H groups in total.